The third kappa shape index (κ3) is 1.87. The van der Waals surface area contributed by atoms with E-state index in [2.05, 4.69) is 13.8 Å². The maximum Gasteiger partial charge on any atom is 0.0644 e. The molecule has 1 aliphatic rings. The highest BCUT2D eigenvalue weighted by Crippen LogP contribution is 2.27. The maximum atomic E-state index is 5.26. The van der Waals surface area contributed by atoms with E-state index in [4.69, 9.17) is 4.18 Å². The lowest BCUT2D eigenvalue weighted by Gasteiger charge is -2.26. The maximum absolute atomic E-state index is 5.26. The van der Waals surface area contributed by atoms with Gasteiger partial charge in [-0.1, -0.05) is 20.3 Å². The van der Waals surface area contributed by atoms with E-state index in [-0.39, 0.29) is 0 Å². The predicted octanol–water partition coefficient (Wildman–Crippen LogP) is 2.33. The molecule has 1 fully saturated rings. The summed E-state index contributed by atoms with van der Waals surface area (Å²) in [6.07, 6.45) is 1.27. The zero-order valence-electron chi connectivity index (χ0n) is 6.09. The quantitative estimate of drug-likeness (QED) is 0.525. The van der Waals surface area contributed by atoms with Crippen molar-refractivity contribution in [2.24, 2.45) is 11.8 Å². The monoisotopic (exact) mass is 146 g/mol. The van der Waals surface area contributed by atoms with Gasteiger partial charge in [0.15, 0.2) is 0 Å². The van der Waals surface area contributed by atoms with Crippen LogP contribution in [0.25, 0.3) is 0 Å². The summed E-state index contributed by atoms with van der Waals surface area (Å²) in [6.45, 7) is 5.51. The first-order valence-corrected chi connectivity index (χ1v) is 4.50. The van der Waals surface area contributed by atoms with E-state index < -0.39 is 0 Å². The van der Waals surface area contributed by atoms with Crippen molar-refractivity contribution < 1.29 is 4.18 Å². The van der Waals surface area contributed by atoms with Crippen LogP contribution >= 0.6 is 12.0 Å². The summed E-state index contributed by atoms with van der Waals surface area (Å²) >= 11 is 1.62. The Balaban J connectivity index is 2.30. The van der Waals surface area contributed by atoms with Crippen molar-refractivity contribution in [3.8, 4) is 0 Å². The number of hydrogen-bond acceptors (Lipinski definition) is 2. The molecule has 9 heavy (non-hydrogen) atoms. The van der Waals surface area contributed by atoms with E-state index in [9.17, 15) is 0 Å². The largest absolute Gasteiger partial charge is 0.315 e. The van der Waals surface area contributed by atoms with Crippen LogP contribution < -0.4 is 0 Å². The van der Waals surface area contributed by atoms with E-state index in [1.54, 1.807) is 12.0 Å². The Morgan fingerprint density at radius 1 is 1.67 bits per heavy atom. The number of rotatable bonds is 1. The van der Waals surface area contributed by atoms with Gasteiger partial charge in [0.1, 0.15) is 0 Å². The van der Waals surface area contributed by atoms with Gasteiger partial charge in [0.25, 0.3) is 0 Å². The molecule has 0 amide bonds. The molecule has 1 heterocycles. The van der Waals surface area contributed by atoms with Crippen molar-refractivity contribution in [1.82, 2.24) is 0 Å². The smallest absolute Gasteiger partial charge is 0.0644 e. The summed E-state index contributed by atoms with van der Waals surface area (Å²) in [5.74, 6) is 2.85. The summed E-state index contributed by atoms with van der Waals surface area (Å²) in [7, 11) is 0. The molecule has 0 bridgehead atoms. The molecule has 0 aromatic rings. The second-order valence-electron chi connectivity index (χ2n) is 2.71. The minimum Gasteiger partial charge on any atom is -0.315 e. The fourth-order valence-electron chi connectivity index (χ4n) is 1.11. The molecule has 2 unspecified atom stereocenters. The molecule has 1 rings (SSSR count). The van der Waals surface area contributed by atoms with E-state index in [0.717, 1.165) is 18.4 Å². The second-order valence-corrected chi connectivity index (χ2v) is 3.52. The topological polar surface area (TPSA) is 9.23 Å². The van der Waals surface area contributed by atoms with Crippen LogP contribution in [0.15, 0.2) is 0 Å². The van der Waals surface area contributed by atoms with Gasteiger partial charge < -0.3 is 4.18 Å². The molecule has 1 nitrogen and oxygen atoms in total. The third-order valence-electron chi connectivity index (χ3n) is 2.03. The van der Waals surface area contributed by atoms with Gasteiger partial charge in [-0.2, -0.15) is 0 Å². The lowest BCUT2D eigenvalue weighted by Crippen LogP contribution is -2.22. The van der Waals surface area contributed by atoms with Gasteiger partial charge in [-0.25, -0.2) is 0 Å². The fraction of sp³-hybridized carbons (Fsp3) is 1.00. The Bertz CT molecular complexity index is 85.0. The molecule has 2 atom stereocenters. The van der Waals surface area contributed by atoms with Gasteiger partial charge in [0.05, 0.1) is 6.61 Å². The minimum atomic E-state index is 0.811. The van der Waals surface area contributed by atoms with Crippen LogP contribution in [-0.4, -0.2) is 12.4 Å². The first-order valence-electron chi connectivity index (χ1n) is 3.59. The van der Waals surface area contributed by atoms with Gasteiger partial charge in [0.2, 0.25) is 0 Å². The Morgan fingerprint density at radius 2 is 2.44 bits per heavy atom. The zero-order chi connectivity index (χ0) is 6.69. The van der Waals surface area contributed by atoms with Crippen molar-refractivity contribution in [2.45, 2.75) is 20.3 Å². The van der Waals surface area contributed by atoms with Gasteiger partial charge >= 0.3 is 0 Å². The molecule has 0 aliphatic carbocycles. The molecule has 0 spiro atoms. The van der Waals surface area contributed by atoms with Crippen LogP contribution in [0.5, 0.6) is 0 Å². The highest BCUT2D eigenvalue weighted by molar-refractivity contribution is 7.94. The van der Waals surface area contributed by atoms with Crippen LogP contribution in [0.1, 0.15) is 20.3 Å². The van der Waals surface area contributed by atoms with Crippen molar-refractivity contribution in [1.29, 1.82) is 0 Å². The van der Waals surface area contributed by atoms with Gasteiger partial charge in [-0.15, -0.1) is 0 Å². The molecule has 0 N–H and O–H groups in total. The molecular formula is C7H14OS. The lowest BCUT2D eigenvalue weighted by atomic mass is 9.94. The molecule has 1 saturated heterocycles. The molecular weight excluding hydrogens is 132 g/mol. The Morgan fingerprint density at radius 3 is 2.89 bits per heavy atom. The molecule has 0 saturated carbocycles. The highest BCUT2D eigenvalue weighted by Gasteiger charge is 2.20. The standard InChI is InChI=1S/C7H14OS/c1-3-7-4-8-9-5-6(7)2/h6-7H,3-5H2,1-2H3. The molecule has 0 aromatic heterocycles. The molecule has 0 radical (unpaired) electrons. The average Bonchev–Trinajstić information content (AvgIpc) is 1.89. The summed E-state index contributed by atoms with van der Waals surface area (Å²) in [6, 6.07) is 0. The van der Waals surface area contributed by atoms with Gasteiger partial charge in [-0.05, 0) is 23.9 Å². The molecule has 0 aromatic carbocycles. The molecule has 1 aliphatic heterocycles. The van der Waals surface area contributed by atoms with E-state index in [1.807, 2.05) is 0 Å². The van der Waals surface area contributed by atoms with Crippen LogP contribution in [0, 0.1) is 11.8 Å². The van der Waals surface area contributed by atoms with Crippen LogP contribution in [0.2, 0.25) is 0 Å². The van der Waals surface area contributed by atoms with Gasteiger partial charge in [0, 0.05) is 5.75 Å². The summed E-state index contributed by atoms with van der Waals surface area (Å²) < 4.78 is 5.26. The van der Waals surface area contributed by atoms with Crippen molar-refractivity contribution >= 4 is 12.0 Å². The van der Waals surface area contributed by atoms with E-state index >= 15 is 0 Å². The van der Waals surface area contributed by atoms with E-state index in [1.165, 1.54) is 12.2 Å². The molecule has 54 valence electrons. The van der Waals surface area contributed by atoms with Crippen LogP contribution in [0.4, 0.5) is 0 Å². The molecule has 2 heteroatoms. The fourth-order valence-corrected chi connectivity index (χ4v) is 1.97. The first kappa shape index (κ1) is 7.42. The Kier molecular flexibility index (Phi) is 2.86. The lowest BCUT2D eigenvalue weighted by molar-refractivity contribution is 0.211. The average molecular weight is 146 g/mol. The summed E-state index contributed by atoms with van der Waals surface area (Å²) in [5.41, 5.74) is 0. The van der Waals surface area contributed by atoms with Crippen molar-refractivity contribution in [3.05, 3.63) is 0 Å². The van der Waals surface area contributed by atoms with Crippen LogP contribution in [0.3, 0.4) is 0 Å². The Labute approximate surface area is 61.4 Å². The summed E-state index contributed by atoms with van der Waals surface area (Å²) in [5, 5.41) is 0. The normalized spacial score (nSPS) is 36.7. The van der Waals surface area contributed by atoms with E-state index in [0.29, 0.717) is 0 Å². The summed E-state index contributed by atoms with van der Waals surface area (Å²) in [4.78, 5) is 0. The first-order chi connectivity index (χ1) is 4.34. The van der Waals surface area contributed by atoms with Gasteiger partial charge in [-0.3, -0.25) is 0 Å². The zero-order valence-corrected chi connectivity index (χ0v) is 6.91. The predicted molar refractivity (Wildman–Crippen MR) is 41.4 cm³/mol. The van der Waals surface area contributed by atoms with Crippen molar-refractivity contribution in [2.75, 3.05) is 12.4 Å². The third-order valence-corrected chi connectivity index (χ3v) is 2.99. The second kappa shape index (κ2) is 3.47. The highest BCUT2D eigenvalue weighted by atomic mass is 32.2. The SMILES string of the molecule is CCC1COSCC1C. The minimum absolute atomic E-state index is 0.811. The van der Waals surface area contributed by atoms with Crippen molar-refractivity contribution in [3.63, 3.8) is 0 Å². The Hall–Kier alpha value is 0.310. The van der Waals surface area contributed by atoms with Crippen LogP contribution in [-0.2, 0) is 4.18 Å². The number of hydrogen-bond donors (Lipinski definition) is 0.